The van der Waals surface area contributed by atoms with Crippen molar-refractivity contribution >= 4 is 65.4 Å². The molecule has 18 aromatic rings. The average Bonchev–Trinajstić information content (AvgIpc) is 1.61. The van der Waals surface area contributed by atoms with Gasteiger partial charge in [0, 0.05) is 71.5 Å². The van der Waals surface area contributed by atoms with Crippen LogP contribution in [0.4, 0.5) is 0 Å². The first kappa shape index (κ1) is 53.5. The third-order valence-corrected chi connectivity index (χ3v) is 18.5. The lowest BCUT2D eigenvalue weighted by Crippen LogP contribution is -2.05. The second-order valence-corrected chi connectivity index (χ2v) is 23.9. The van der Waals surface area contributed by atoms with Gasteiger partial charge in [0.25, 0.3) is 0 Å². The zero-order valence-electron chi connectivity index (χ0n) is 50.5. The van der Waals surface area contributed by atoms with Gasteiger partial charge in [-0.25, -0.2) is 15.0 Å². The summed E-state index contributed by atoms with van der Waals surface area (Å²) in [7, 11) is 0. The van der Waals surface area contributed by atoms with Crippen LogP contribution in [0.3, 0.4) is 0 Å². The van der Waals surface area contributed by atoms with Gasteiger partial charge in [-0.05, 0) is 123 Å². The number of nitrogens with zero attached hydrogens (tertiary/aromatic N) is 6. The van der Waals surface area contributed by atoms with Gasteiger partial charge in [0.2, 0.25) is 0 Å². The summed E-state index contributed by atoms with van der Waals surface area (Å²) in [5.41, 5.74) is 23.3. The van der Waals surface area contributed by atoms with Crippen molar-refractivity contribution < 1.29 is 0 Å². The van der Waals surface area contributed by atoms with Crippen molar-refractivity contribution in [2.75, 3.05) is 0 Å². The highest BCUT2D eigenvalue weighted by molar-refractivity contribution is 6.15. The van der Waals surface area contributed by atoms with E-state index < -0.39 is 0 Å². The Bertz CT molecular complexity index is 5490. The van der Waals surface area contributed by atoms with E-state index >= 15 is 0 Å². The van der Waals surface area contributed by atoms with Crippen LogP contribution in [-0.2, 0) is 0 Å². The van der Waals surface area contributed by atoms with Crippen molar-refractivity contribution in [3.8, 4) is 107 Å². The number of hydrogen-bond donors (Lipinski definition) is 0. The number of aromatic nitrogens is 6. The fourth-order valence-corrected chi connectivity index (χ4v) is 14.2. The molecular formula is C87H56N6. The first-order chi connectivity index (χ1) is 46.1. The summed E-state index contributed by atoms with van der Waals surface area (Å²) in [6.45, 7) is 0. The molecule has 0 spiro atoms. The average molecular weight is 1190 g/mol. The van der Waals surface area contributed by atoms with Crippen LogP contribution in [0.5, 0.6) is 0 Å². The molecule has 93 heavy (non-hydrogen) atoms. The molecule has 6 heteroatoms. The van der Waals surface area contributed by atoms with E-state index in [0.29, 0.717) is 17.5 Å². The van der Waals surface area contributed by atoms with E-state index in [-0.39, 0.29) is 0 Å². The monoisotopic (exact) mass is 1180 g/mol. The summed E-state index contributed by atoms with van der Waals surface area (Å²) in [6, 6.07) is 122. The molecular weight excluding hydrogens is 1130 g/mol. The molecule has 434 valence electrons. The Labute approximate surface area is 537 Å². The lowest BCUT2D eigenvalue weighted by atomic mass is 9.92. The van der Waals surface area contributed by atoms with Crippen molar-refractivity contribution in [1.82, 2.24) is 28.7 Å². The largest absolute Gasteiger partial charge is 0.309 e. The molecule has 0 saturated heterocycles. The molecule has 0 amide bonds. The topological polar surface area (TPSA) is 53.5 Å². The number of para-hydroxylation sites is 4. The summed E-state index contributed by atoms with van der Waals surface area (Å²) in [5, 5.41) is 7.14. The fraction of sp³-hybridized carbons (Fsp3) is 0. The van der Waals surface area contributed by atoms with Gasteiger partial charge in [-0.3, -0.25) is 0 Å². The summed E-state index contributed by atoms with van der Waals surface area (Å²) in [5.74, 6) is 1.70. The number of benzene rings is 14. The fourth-order valence-electron chi connectivity index (χ4n) is 14.2. The second-order valence-electron chi connectivity index (χ2n) is 23.9. The van der Waals surface area contributed by atoms with Gasteiger partial charge in [0.15, 0.2) is 17.5 Å². The Morgan fingerprint density at radius 1 is 0.172 bits per heavy atom. The lowest BCUT2D eigenvalue weighted by Gasteiger charge is -2.21. The predicted molar refractivity (Wildman–Crippen MR) is 386 cm³/mol. The Kier molecular flexibility index (Phi) is 12.8. The van der Waals surface area contributed by atoms with Crippen LogP contribution < -0.4 is 0 Å². The SMILES string of the molecule is c1ccc(-c2ccc(-c3nc(-c4cc(-c5ccccc5)cc(-c5ccccc5)c4)nc(-c4cc(-c5ccccc5)c(-n5c6cc(-n7c8ccccc8c8ccccc87)ccc6c6ccc(-n7c8ccccc8c8ccccc87)cc65)c(-c5ccccc5)c4)n3)cc2)cc1. The van der Waals surface area contributed by atoms with Crippen molar-refractivity contribution in [2.45, 2.75) is 0 Å². The molecule has 0 aliphatic rings. The van der Waals surface area contributed by atoms with E-state index in [2.05, 4.69) is 353 Å². The number of hydrogen-bond acceptors (Lipinski definition) is 3. The van der Waals surface area contributed by atoms with Crippen LogP contribution in [-0.4, -0.2) is 28.7 Å². The maximum Gasteiger partial charge on any atom is 0.164 e. The zero-order chi connectivity index (χ0) is 61.3. The Morgan fingerprint density at radius 3 is 0.839 bits per heavy atom. The molecule has 0 N–H and O–H groups in total. The third-order valence-electron chi connectivity index (χ3n) is 18.5. The van der Waals surface area contributed by atoms with Crippen molar-refractivity contribution in [3.05, 3.63) is 340 Å². The predicted octanol–water partition coefficient (Wildman–Crippen LogP) is 22.5. The molecule has 18 rings (SSSR count). The Hall–Kier alpha value is -12.5. The first-order valence-electron chi connectivity index (χ1n) is 31.7. The maximum atomic E-state index is 5.64. The van der Waals surface area contributed by atoms with Crippen LogP contribution in [0.25, 0.3) is 172 Å². The molecule has 0 saturated carbocycles. The van der Waals surface area contributed by atoms with E-state index in [9.17, 15) is 0 Å². The van der Waals surface area contributed by atoms with Crippen LogP contribution in [0.1, 0.15) is 0 Å². The van der Waals surface area contributed by atoms with Gasteiger partial charge < -0.3 is 13.7 Å². The molecule has 6 nitrogen and oxygen atoms in total. The van der Waals surface area contributed by atoms with Gasteiger partial charge in [-0.1, -0.05) is 261 Å². The minimum atomic E-state index is 0.555. The number of rotatable bonds is 11. The number of fused-ring (bicyclic) bond motifs is 9. The highest BCUT2D eigenvalue weighted by Gasteiger charge is 2.26. The molecule has 4 heterocycles. The quantitative estimate of drug-likeness (QED) is 0.130. The minimum Gasteiger partial charge on any atom is -0.309 e. The van der Waals surface area contributed by atoms with Crippen LogP contribution in [0, 0.1) is 0 Å². The second kappa shape index (κ2) is 22.2. The van der Waals surface area contributed by atoms with Crippen molar-refractivity contribution in [3.63, 3.8) is 0 Å². The van der Waals surface area contributed by atoms with Crippen LogP contribution in [0.2, 0.25) is 0 Å². The third kappa shape index (κ3) is 9.22. The summed E-state index contributed by atoms with van der Waals surface area (Å²) in [6.07, 6.45) is 0. The van der Waals surface area contributed by atoms with Gasteiger partial charge in [-0.15, -0.1) is 0 Å². The van der Waals surface area contributed by atoms with Crippen molar-refractivity contribution in [1.29, 1.82) is 0 Å². The van der Waals surface area contributed by atoms with Crippen LogP contribution >= 0.6 is 0 Å². The Morgan fingerprint density at radius 2 is 0.452 bits per heavy atom. The lowest BCUT2D eigenvalue weighted by molar-refractivity contribution is 1.07. The zero-order valence-corrected chi connectivity index (χ0v) is 50.5. The smallest absolute Gasteiger partial charge is 0.164 e. The molecule has 0 radical (unpaired) electrons. The first-order valence-corrected chi connectivity index (χ1v) is 31.7. The van der Waals surface area contributed by atoms with Gasteiger partial charge in [0.05, 0.1) is 38.8 Å². The molecule has 0 unspecified atom stereocenters. The molecule has 0 atom stereocenters. The summed E-state index contributed by atoms with van der Waals surface area (Å²) < 4.78 is 7.41. The molecule has 14 aromatic carbocycles. The van der Waals surface area contributed by atoms with E-state index in [1.165, 1.54) is 21.5 Å². The summed E-state index contributed by atoms with van der Waals surface area (Å²) >= 11 is 0. The standard InChI is InChI=1S/C87H56N6/c1-6-24-57(25-7-1)60-42-44-63(45-43-60)85-88-86(66-51-64(58-26-8-2-9-27-58)50-65(52-66)59-28-10-3-11-29-59)90-87(89-85)67-53-76(61-30-12-4-13-31-61)84(77(54-67)62-32-14-5-15-33-62)93-82-55-68(91-78-38-20-16-34-70(78)71-35-17-21-39-79(71)91)46-48-74(82)75-49-47-69(56-83(75)93)92-80-40-22-18-36-72(80)73-37-19-23-41-81(73)92/h1-56H. The van der Waals surface area contributed by atoms with Gasteiger partial charge in [0.1, 0.15) is 0 Å². The molecule has 0 aliphatic heterocycles. The normalized spacial score (nSPS) is 11.7. The summed E-state index contributed by atoms with van der Waals surface area (Å²) in [4.78, 5) is 16.7. The maximum absolute atomic E-state index is 5.64. The van der Waals surface area contributed by atoms with Gasteiger partial charge in [-0.2, -0.15) is 0 Å². The Balaban J connectivity index is 0.936. The highest BCUT2D eigenvalue weighted by atomic mass is 15.0. The van der Waals surface area contributed by atoms with E-state index in [0.717, 1.165) is 133 Å². The van der Waals surface area contributed by atoms with E-state index in [1.807, 2.05) is 0 Å². The van der Waals surface area contributed by atoms with Crippen molar-refractivity contribution in [2.24, 2.45) is 0 Å². The molecule has 0 fully saturated rings. The van der Waals surface area contributed by atoms with E-state index in [1.54, 1.807) is 0 Å². The highest BCUT2D eigenvalue weighted by Crippen LogP contribution is 2.46. The molecule has 0 aliphatic carbocycles. The minimum absolute atomic E-state index is 0.555. The van der Waals surface area contributed by atoms with Gasteiger partial charge >= 0.3 is 0 Å². The van der Waals surface area contributed by atoms with E-state index in [4.69, 9.17) is 15.0 Å². The molecule has 4 aromatic heterocycles. The molecule has 0 bridgehead atoms. The van der Waals surface area contributed by atoms with Crippen LogP contribution in [0.15, 0.2) is 340 Å².